The van der Waals surface area contributed by atoms with E-state index >= 15 is 0 Å². The van der Waals surface area contributed by atoms with Gasteiger partial charge in [-0.25, -0.2) is 8.42 Å². The average molecular weight is 531 g/mol. The Balaban J connectivity index is 1.47. The van der Waals surface area contributed by atoms with Crippen LogP contribution < -0.4 is 9.62 Å². The number of anilines is 1. The molecule has 0 aromatic heterocycles. The van der Waals surface area contributed by atoms with E-state index in [1.807, 2.05) is 72.8 Å². The molecule has 5 nitrogen and oxygen atoms in total. The fourth-order valence-electron chi connectivity index (χ4n) is 3.92. The number of benzene rings is 4. The van der Waals surface area contributed by atoms with E-state index in [-0.39, 0.29) is 18.4 Å². The molecule has 0 heterocycles. The van der Waals surface area contributed by atoms with Gasteiger partial charge in [0, 0.05) is 21.9 Å². The van der Waals surface area contributed by atoms with Crippen molar-refractivity contribution in [1.82, 2.24) is 5.32 Å². The Morgan fingerprint density at radius 3 is 2.08 bits per heavy atom. The number of nitrogens with zero attached hydrogens (tertiary/aromatic N) is 1. The summed E-state index contributed by atoms with van der Waals surface area (Å²) in [6.45, 7) is 2.77. The fourth-order valence-corrected chi connectivity index (χ4v) is 5.86. The second kappa shape index (κ2) is 12.1. The summed E-state index contributed by atoms with van der Waals surface area (Å²) in [6, 6.07) is 34.5. The lowest BCUT2D eigenvalue weighted by atomic mass is 10.0. The van der Waals surface area contributed by atoms with E-state index in [9.17, 15) is 13.2 Å². The average Bonchev–Trinajstić information content (AvgIpc) is 2.91. The molecule has 7 heteroatoms. The quantitative estimate of drug-likeness (QED) is 0.260. The molecule has 1 amide bonds. The number of carbonyl (C=O) groups is 1. The summed E-state index contributed by atoms with van der Waals surface area (Å²) in [5, 5.41) is 2.99. The Labute approximate surface area is 223 Å². The number of hydrogen-bond acceptors (Lipinski definition) is 4. The number of hydrogen-bond donors (Lipinski definition) is 1. The zero-order valence-electron chi connectivity index (χ0n) is 20.9. The maximum atomic E-state index is 12.8. The summed E-state index contributed by atoms with van der Waals surface area (Å²) in [4.78, 5) is 14.6. The molecule has 0 fully saturated rings. The maximum absolute atomic E-state index is 12.8. The minimum atomic E-state index is -3.56. The van der Waals surface area contributed by atoms with Crippen LogP contribution in [0.5, 0.6) is 0 Å². The van der Waals surface area contributed by atoms with Crippen LogP contribution in [-0.4, -0.2) is 27.1 Å². The molecule has 4 aromatic rings. The van der Waals surface area contributed by atoms with Crippen LogP contribution in [0.15, 0.2) is 119 Å². The van der Waals surface area contributed by atoms with Gasteiger partial charge < -0.3 is 5.32 Å². The fraction of sp³-hybridized carbons (Fsp3) is 0.167. The lowest BCUT2D eigenvalue weighted by Crippen LogP contribution is -2.30. The van der Waals surface area contributed by atoms with Crippen molar-refractivity contribution >= 4 is 33.4 Å². The normalized spacial score (nSPS) is 12.1. The first kappa shape index (κ1) is 26.5. The highest BCUT2D eigenvalue weighted by Crippen LogP contribution is 2.36. The summed E-state index contributed by atoms with van der Waals surface area (Å²) >= 11 is 1.52. The molecule has 0 aliphatic rings. The van der Waals surface area contributed by atoms with Crippen LogP contribution in [-0.2, 0) is 16.6 Å². The van der Waals surface area contributed by atoms with Gasteiger partial charge in [0.25, 0.3) is 5.91 Å². The van der Waals surface area contributed by atoms with Crippen molar-refractivity contribution in [3.63, 3.8) is 0 Å². The molecule has 0 radical (unpaired) electrons. The van der Waals surface area contributed by atoms with Gasteiger partial charge in [-0.15, -0.1) is 0 Å². The van der Waals surface area contributed by atoms with Crippen LogP contribution in [0, 0.1) is 0 Å². The number of carbonyl (C=O) groups excluding carboxylic acids is 1. The third kappa shape index (κ3) is 7.24. The topological polar surface area (TPSA) is 66.5 Å². The van der Waals surface area contributed by atoms with Gasteiger partial charge in [0.15, 0.2) is 0 Å². The van der Waals surface area contributed by atoms with Crippen molar-refractivity contribution < 1.29 is 13.2 Å². The summed E-state index contributed by atoms with van der Waals surface area (Å²) in [6.07, 6.45) is 1.21. The number of sulfonamides is 1. The number of rotatable bonds is 10. The molecule has 1 atom stereocenters. The van der Waals surface area contributed by atoms with Crippen molar-refractivity contribution in [1.29, 1.82) is 0 Å². The SMILES string of the molecule is C[C@@H](CNC(=O)c1ccc(CN(c2ccccc2Sc2ccccc2)S(C)(=O)=O)cc1)c1ccccc1. The lowest BCUT2D eigenvalue weighted by molar-refractivity contribution is 0.0951. The molecule has 0 unspecified atom stereocenters. The van der Waals surface area contributed by atoms with Gasteiger partial charge in [-0.05, 0) is 53.4 Å². The van der Waals surface area contributed by atoms with Gasteiger partial charge in [-0.3, -0.25) is 9.10 Å². The number of para-hydroxylation sites is 1. The molecule has 37 heavy (non-hydrogen) atoms. The number of amides is 1. The minimum absolute atomic E-state index is 0.154. The van der Waals surface area contributed by atoms with E-state index in [0.717, 1.165) is 15.4 Å². The molecule has 0 saturated carbocycles. The molecule has 0 bridgehead atoms. The molecule has 4 aromatic carbocycles. The first-order valence-electron chi connectivity index (χ1n) is 12.0. The molecule has 0 aliphatic carbocycles. The first-order chi connectivity index (χ1) is 17.8. The second-order valence-corrected chi connectivity index (χ2v) is 11.9. The van der Waals surface area contributed by atoms with Gasteiger partial charge in [-0.1, -0.05) is 91.5 Å². The molecule has 0 aliphatic heterocycles. The summed E-state index contributed by atoms with van der Waals surface area (Å²) in [5.41, 5.74) is 3.12. The minimum Gasteiger partial charge on any atom is -0.351 e. The van der Waals surface area contributed by atoms with Crippen molar-refractivity contribution in [2.24, 2.45) is 0 Å². The third-order valence-corrected chi connectivity index (χ3v) is 8.18. The Bertz CT molecular complexity index is 1420. The molecular weight excluding hydrogens is 500 g/mol. The molecular formula is C30H30N2O3S2. The Hall–Kier alpha value is -3.55. The monoisotopic (exact) mass is 530 g/mol. The van der Waals surface area contributed by atoms with Gasteiger partial charge in [0.05, 0.1) is 18.5 Å². The smallest absolute Gasteiger partial charge is 0.251 e. The summed E-state index contributed by atoms with van der Waals surface area (Å²) in [7, 11) is -3.56. The number of nitrogens with one attached hydrogen (secondary N) is 1. The zero-order chi connectivity index (χ0) is 26.3. The van der Waals surface area contributed by atoms with E-state index in [1.165, 1.54) is 27.9 Å². The van der Waals surface area contributed by atoms with Crippen LogP contribution in [0.4, 0.5) is 5.69 Å². The van der Waals surface area contributed by atoms with E-state index < -0.39 is 10.0 Å². The largest absolute Gasteiger partial charge is 0.351 e. The lowest BCUT2D eigenvalue weighted by Gasteiger charge is -2.25. The van der Waals surface area contributed by atoms with Gasteiger partial charge in [0.2, 0.25) is 10.0 Å². The third-order valence-electron chi connectivity index (χ3n) is 5.99. The van der Waals surface area contributed by atoms with Crippen LogP contribution in [0.2, 0.25) is 0 Å². The van der Waals surface area contributed by atoms with E-state index in [0.29, 0.717) is 17.8 Å². The molecule has 0 spiro atoms. The van der Waals surface area contributed by atoms with Crippen molar-refractivity contribution in [2.45, 2.75) is 29.2 Å². The predicted molar refractivity (Wildman–Crippen MR) is 152 cm³/mol. The van der Waals surface area contributed by atoms with Crippen LogP contribution in [0.3, 0.4) is 0 Å². The van der Waals surface area contributed by atoms with Crippen LogP contribution in [0.25, 0.3) is 0 Å². The van der Waals surface area contributed by atoms with Gasteiger partial charge in [0.1, 0.15) is 0 Å². The zero-order valence-corrected chi connectivity index (χ0v) is 22.5. The second-order valence-electron chi connectivity index (χ2n) is 8.87. The van der Waals surface area contributed by atoms with E-state index in [1.54, 1.807) is 24.3 Å². The van der Waals surface area contributed by atoms with Gasteiger partial charge >= 0.3 is 0 Å². The van der Waals surface area contributed by atoms with E-state index in [4.69, 9.17) is 0 Å². The van der Waals surface area contributed by atoms with Gasteiger partial charge in [-0.2, -0.15) is 0 Å². The molecule has 0 saturated heterocycles. The van der Waals surface area contributed by atoms with Crippen molar-refractivity contribution in [2.75, 3.05) is 17.1 Å². The molecule has 1 N–H and O–H groups in total. The highest BCUT2D eigenvalue weighted by atomic mass is 32.2. The first-order valence-corrected chi connectivity index (χ1v) is 14.7. The highest BCUT2D eigenvalue weighted by molar-refractivity contribution is 7.99. The Morgan fingerprint density at radius 2 is 1.43 bits per heavy atom. The maximum Gasteiger partial charge on any atom is 0.251 e. The summed E-state index contributed by atoms with van der Waals surface area (Å²) in [5.74, 6) is 0.0421. The van der Waals surface area contributed by atoms with Crippen LogP contribution in [0.1, 0.15) is 34.3 Å². The van der Waals surface area contributed by atoms with Crippen LogP contribution >= 0.6 is 11.8 Å². The van der Waals surface area contributed by atoms with Crippen molar-refractivity contribution in [3.8, 4) is 0 Å². The molecule has 4 rings (SSSR count). The Morgan fingerprint density at radius 1 is 0.838 bits per heavy atom. The predicted octanol–water partition coefficient (Wildman–Crippen LogP) is 6.34. The van der Waals surface area contributed by atoms with E-state index in [2.05, 4.69) is 24.4 Å². The summed E-state index contributed by atoms with van der Waals surface area (Å²) < 4.78 is 27.1. The highest BCUT2D eigenvalue weighted by Gasteiger charge is 2.21. The Kier molecular flexibility index (Phi) is 8.69. The molecule has 190 valence electrons. The standard InChI is InChI=1S/C30H30N2O3S2/c1-23(25-11-5-3-6-12-25)21-31-30(33)26-19-17-24(18-20-26)22-32(37(2,34)35)28-15-9-10-16-29(28)36-27-13-7-4-8-14-27/h3-20,23H,21-22H2,1-2H3,(H,31,33)/t23-/m0/s1. The van der Waals surface area contributed by atoms with Crippen molar-refractivity contribution in [3.05, 3.63) is 126 Å².